The lowest BCUT2D eigenvalue weighted by atomic mass is 9.97. The van der Waals surface area contributed by atoms with Gasteiger partial charge in [-0.25, -0.2) is 0 Å². The van der Waals surface area contributed by atoms with Crippen LogP contribution in [-0.4, -0.2) is 24.3 Å². The average Bonchev–Trinajstić information content (AvgIpc) is 2.38. The minimum atomic E-state index is -4.36. The molecule has 1 saturated heterocycles. The van der Waals surface area contributed by atoms with Crippen molar-refractivity contribution in [3.8, 4) is 0 Å². The molecule has 1 aromatic carbocycles. The van der Waals surface area contributed by atoms with Gasteiger partial charge >= 0.3 is 6.18 Å². The third-order valence-corrected chi connectivity index (χ3v) is 4.16. The summed E-state index contributed by atoms with van der Waals surface area (Å²) in [5.74, 6) is 0. The third-order valence-electron chi connectivity index (χ3n) is 3.66. The maximum atomic E-state index is 13.2. The number of rotatable bonds is 3. The summed E-state index contributed by atoms with van der Waals surface area (Å²) in [5.41, 5.74) is -0.393. The van der Waals surface area contributed by atoms with Crippen LogP contribution in [0.1, 0.15) is 31.2 Å². The van der Waals surface area contributed by atoms with Gasteiger partial charge in [0.25, 0.3) is 0 Å². The van der Waals surface area contributed by atoms with E-state index in [1.165, 1.54) is 12.1 Å². The maximum absolute atomic E-state index is 13.2. The SMILES string of the molecule is OCCC1CCCCN1c1cc(Br)ccc1C(F)(F)F. The van der Waals surface area contributed by atoms with Gasteiger partial charge in [0.05, 0.1) is 11.3 Å². The van der Waals surface area contributed by atoms with Crippen molar-refractivity contribution >= 4 is 21.6 Å². The fourth-order valence-electron chi connectivity index (χ4n) is 2.75. The van der Waals surface area contributed by atoms with Crippen LogP contribution in [0.25, 0.3) is 0 Å². The Kier molecular flexibility index (Phi) is 4.96. The van der Waals surface area contributed by atoms with Crippen molar-refractivity contribution in [2.75, 3.05) is 18.1 Å². The largest absolute Gasteiger partial charge is 0.418 e. The Bertz CT molecular complexity index is 462. The molecule has 2 rings (SSSR count). The number of benzene rings is 1. The number of hydrogen-bond donors (Lipinski definition) is 1. The summed E-state index contributed by atoms with van der Waals surface area (Å²) < 4.78 is 40.1. The first kappa shape index (κ1) is 15.6. The molecule has 6 heteroatoms. The molecule has 1 atom stereocenters. The molecule has 0 aliphatic carbocycles. The predicted molar refractivity (Wildman–Crippen MR) is 75.8 cm³/mol. The fourth-order valence-corrected chi connectivity index (χ4v) is 3.10. The summed E-state index contributed by atoms with van der Waals surface area (Å²) in [6.45, 7) is 0.598. The number of aliphatic hydroxyl groups is 1. The molecule has 0 radical (unpaired) electrons. The Hall–Kier alpha value is -0.750. The van der Waals surface area contributed by atoms with E-state index in [0.717, 1.165) is 25.3 Å². The van der Waals surface area contributed by atoms with E-state index < -0.39 is 11.7 Å². The highest BCUT2D eigenvalue weighted by atomic mass is 79.9. The average molecular weight is 352 g/mol. The lowest BCUT2D eigenvalue weighted by molar-refractivity contribution is -0.137. The van der Waals surface area contributed by atoms with Crippen molar-refractivity contribution in [3.05, 3.63) is 28.2 Å². The van der Waals surface area contributed by atoms with Crippen molar-refractivity contribution in [1.82, 2.24) is 0 Å². The molecule has 0 spiro atoms. The highest BCUT2D eigenvalue weighted by Crippen LogP contribution is 2.40. The number of nitrogens with zero attached hydrogens (tertiary/aromatic N) is 1. The van der Waals surface area contributed by atoms with E-state index >= 15 is 0 Å². The molecule has 1 heterocycles. The zero-order valence-electron chi connectivity index (χ0n) is 11.0. The second-order valence-electron chi connectivity index (χ2n) is 5.01. The number of halogens is 4. The van der Waals surface area contributed by atoms with Gasteiger partial charge in [0.2, 0.25) is 0 Å². The lowest BCUT2D eigenvalue weighted by Gasteiger charge is -2.38. The molecule has 1 aliphatic heterocycles. The zero-order chi connectivity index (χ0) is 14.8. The molecule has 1 fully saturated rings. The van der Waals surface area contributed by atoms with E-state index in [0.29, 0.717) is 17.4 Å². The molecule has 1 unspecified atom stereocenters. The minimum absolute atomic E-state index is 0.00345. The predicted octanol–water partition coefficient (Wildman–Crippen LogP) is 4.21. The van der Waals surface area contributed by atoms with Gasteiger partial charge in [-0.2, -0.15) is 13.2 Å². The Labute approximate surface area is 124 Å². The highest BCUT2D eigenvalue weighted by molar-refractivity contribution is 9.10. The molecular formula is C14H17BrF3NO. The summed E-state index contributed by atoms with van der Waals surface area (Å²) in [6.07, 6.45) is -1.16. The Morgan fingerprint density at radius 2 is 2.05 bits per heavy atom. The van der Waals surface area contributed by atoms with Gasteiger partial charge in [-0.1, -0.05) is 15.9 Å². The van der Waals surface area contributed by atoms with Crippen LogP contribution in [0.3, 0.4) is 0 Å². The van der Waals surface area contributed by atoms with Crippen LogP contribution in [0.2, 0.25) is 0 Å². The maximum Gasteiger partial charge on any atom is 0.418 e. The van der Waals surface area contributed by atoms with Crippen LogP contribution in [0.15, 0.2) is 22.7 Å². The van der Waals surface area contributed by atoms with E-state index in [-0.39, 0.29) is 18.3 Å². The number of hydrogen-bond acceptors (Lipinski definition) is 2. The molecule has 112 valence electrons. The monoisotopic (exact) mass is 351 g/mol. The number of alkyl halides is 3. The van der Waals surface area contributed by atoms with E-state index in [9.17, 15) is 13.2 Å². The quantitative estimate of drug-likeness (QED) is 0.881. The van der Waals surface area contributed by atoms with Crippen LogP contribution >= 0.6 is 15.9 Å². The first-order valence-corrected chi connectivity index (χ1v) is 7.47. The summed E-state index contributed by atoms with van der Waals surface area (Å²) >= 11 is 3.25. The first-order valence-electron chi connectivity index (χ1n) is 6.67. The van der Waals surface area contributed by atoms with Gasteiger partial charge in [-0.05, 0) is 43.9 Å². The normalized spacial score (nSPS) is 20.2. The van der Waals surface area contributed by atoms with Gasteiger partial charge in [-0.15, -0.1) is 0 Å². The van der Waals surface area contributed by atoms with Crippen LogP contribution in [0.4, 0.5) is 18.9 Å². The second kappa shape index (κ2) is 6.35. The van der Waals surface area contributed by atoms with Crippen LogP contribution in [-0.2, 0) is 6.18 Å². The summed E-state index contributed by atoms with van der Waals surface area (Å²) in [7, 11) is 0. The van der Waals surface area contributed by atoms with Gasteiger partial charge in [-0.3, -0.25) is 0 Å². The van der Waals surface area contributed by atoms with Gasteiger partial charge in [0, 0.05) is 23.7 Å². The molecule has 1 aliphatic rings. The Balaban J connectivity index is 2.40. The van der Waals surface area contributed by atoms with Crippen molar-refractivity contribution in [3.63, 3.8) is 0 Å². The summed E-state index contributed by atoms with van der Waals surface area (Å²) in [4.78, 5) is 1.80. The molecule has 20 heavy (non-hydrogen) atoms. The van der Waals surface area contributed by atoms with Crippen LogP contribution < -0.4 is 4.90 Å². The molecule has 0 amide bonds. The first-order chi connectivity index (χ1) is 9.43. The number of anilines is 1. The molecule has 1 aromatic rings. The van der Waals surface area contributed by atoms with Crippen molar-refractivity contribution in [2.24, 2.45) is 0 Å². The highest BCUT2D eigenvalue weighted by Gasteiger charge is 2.36. The van der Waals surface area contributed by atoms with Crippen molar-refractivity contribution in [1.29, 1.82) is 0 Å². The van der Waals surface area contributed by atoms with E-state index in [1.807, 2.05) is 0 Å². The number of piperidine rings is 1. The Morgan fingerprint density at radius 3 is 2.70 bits per heavy atom. The third kappa shape index (κ3) is 3.47. The fraction of sp³-hybridized carbons (Fsp3) is 0.571. The molecule has 1 N–H and O–H groups in total. The zero-order valence-corrected chi connectivity index (χ0v) is 12.5. The van der Waals surface area contributed by atoms with Gasteiger partial charge in [0.1, 0.15) is 0 Å². The Morgan fingerprint density at radius 1 is 1.30 bits per heavy atom. The lowest BCUT2D eigenvalue weighted by Crippen LogP contribution is -2.41. The molecule has 2 nitrogen and oxygen atoms in total. The second-order valence-corrected chi connectivity index (χ2v) is 5.93. The standard InChI is InChI=1S/C14H17BrF3NO/c15-10-4-5-12(14(16,17)18)13(9-10)19-7-2-1-3-11(19)6-8-20/h4-5,9,11,20H,1-3,6-8H2. The molecule has 0 bridgehead atoms. The van der Waals surface area contributed by atoms with E-state index in [4.69, 9.17) is 5.11 Å². The molecular weight excluding hydrogens is 335 g/mol. The van der Waals surface area contributed by atoms with Gasteiger partial charge in [0.15, 0.2) is 0 Å². The number of aliphatic hydroxyl groups excluding tert-OH is 1. The summed E-state index contributed by atoms with van der Waals surface area (Å²) in [5, 5.41) is 9.11. The van der Waals surface area contributed by atoms with E-state index in [1.54, 1.807) is 4.90 Å². The van der Waals surface area contributed by atoms with Crippen molar-refractivity contribution in [2.45, 2.75) is 37.9 Å². The topological polar surface area (TPSA) is 23.5 Å². The molecule has 0 aromatic heterocycles. The smallest absolute Gasteiger partial charge is 0.396 e. The van der Waals surface area contributed by atoms with Crippen LogP contribution in [0, 0.1) is 0 Å². The van der Waals surface area contributed by atoms with E-state index in [2.05, 4.69) is 15.9 Å². The van der Waals surface area contributed by atoms with Gasteiger partial charge < -0.3 is 10.0 Å². The minimum Gasteiger partial charge on any atom is -0.396 e. The van der Waals surface area contributed by atoms with Crippen molar-refractivity contribution < 1.29 is 18.3 Å². The summed E-state index contributed by atoms with van der Waals surface area (Å²) in [6, 6.07) is 4.03. The molecule has 0 saturated carbocycles. The van der Waals surface area contributed by atoms with Crippen LogP contribution in [0.5, 0.6) is 0 Å².